The first-order valence-electron chi connectivity index (χ1n) is 14.8. The number of carbonyl (C=O) groups is 1. The molecule has 2 rings (SSSR count). The summed E-state index contributed by atoms with van der Waals surface area (Å²) in [6, 6.07) is 0. The van der Waals surface area contributed by atoms with Crippen LogP contribution in [0.25, 0.3) is 0 Å². The quantitative estimate of drug-likeness (QED) is 0.140. The summed E-state index contributed by atoms with van der Waals surface area (Å²) in [4.78, 5) is 11.8. The SMILES string of the molecule is CC1=C[C@@]2(C)[C@@H]([C@H](C)[C@@H](O)C[C@H]2O)[C@H](/C=C(\C)C(=O)O)[C@H]1/C(C)=C/C[C@H](O)C[C@H](O)C[C@H](O)C(C)[C@@H](O)C(C)C. The molecule has 8 nitrogen and oxygen atoms in total. The zero-order chi connectivity index (χ0) is 30.7. The van der Waals surface area contributed by atoms with Crippen LogP contribution in [0.3, 0.4) is 0 Å². The average molecular weight is 567 g/mol. The highest BCUT2D eigenvalue weighted by Gasteiger charge is 2.55. The molecule has 0 spiro atoms. The van der Waals surface area contributed by atoms with Crippen molar-refractivity contribution in [1.82, 2.24) is 0 Å². The van der Waals surface area contributed by atoms with Crippen LogP contribution in [0.1, 0.15) is 81.1 Å². The first-order valence-corrected chi connectivity index (χ1v) is 14.8. The molecule has 1 fully saturated rings. The molecule has 0 saturated heterocycles. The molecular formula is C32H54O8. The zero-order valence-corrected chi connectivity index (χ0v) is 25.5. The van der Waals surface area contributed by atoms with E-state index in [9.17, 15) is 40.5 Å². The van der Waals surface area contributed by atoms with Crippen LogP contribution in [0.5, 0.6) is 0 Å². The van der Waals surface area contributed by atoms with Crippen molar-refractivity contribution in [3.8, 4) is 0 Å². The van der Waals surface area contributed by atoms with Gasteiger partial charge in [0.2, 0.25) is 0 Å². The summed E-state index contributed by atoms with van der Waals surface area (Å²) in [5.41, 5.74) is 1.54. The standard InChI is InChI=1S/C32H54O8/c1-16(2)30(38)21(7)25(35)13-23(34)12-22(33)10-9-17(3)28-19(5)15-32(8)27(37)14-26(36)20(6)29(32)24(28)11-18(4)31(39)40/h9,11,15-16,20-30,33-38H,10,12-14H2,1-8H3,(H,39,40)/b17-9+,18-11+/t20-,21?,22+,23+,24-,25+,26+,27-,28+,29+,30+,32-/m1/s1. The van der Waals surface area contributed by atoms with E-state index in [0.717, 1.165) is 11.1 Å². The van der Waals surface area contributed by atoms with Crippen molar-refractivity contribution in [3.05, 3.63) is 34.9 Å². The van der Waals surface area contributed by atoms with Gasteiger partial charge in [0.15, 0.2) is 0 Å². The molecule has 0 aromatic carbocycles. The molecule has 230 valence electrons. The van der Waals surface area contributed by atoms with Gasteiger partial charge in [-0.1, -0.05) is 64.0 Å². The molecule has 0 amide bonds. The summed E-state index contributed by atoms with van der Waals surface area (Å²) < 4.78 is 0. The number of carboxylic acid groups (broad SMARTS) is 1. The van der Waals surface area contributed by atoms with E-state index in [-0.39, 0.29) is 60.8 Å². The van der Waals surface area contributed by atoms with Crippen molar-refractivity contribution in [1.29, 1.82) is 0 Å². The van der Waals surface area contributed by atoms with Gasteiger partial charge in [0.25, 0.3) is 0 Å². The molecule has 0 aliphatic heterocycles. The van der Waals surface area contributed by atoms with Crippen LogP contribution in [-0.4, -0.2) is 78.3 Å². The molecular weight excluding hydrogens is 512 g/mol. The summed E-state index contributed by atoms with van der Waals surface area (Å²) in [6.45, 7) is 14.9. The Morgan fingerprint density at radius 2 is 1.68 bits per heavy atom. The maximum absolute atomic E-state index is 11.8. The highest BCUT2D eigenvalue weighted by molar-refractivity contribution is 5.85. The Labute approximate surface area is 240 Å². The van der Waals surface area contributed by atoms with Crippen molar-refractivity contribution < 1.29 is 40.5 Å². The minimum atomic E-state index is -1.01. The molecule has 2 aliphatic rings. The summed E-state index contributed by atoms with van der Waals surface area (Å²) in [7, 11) is 0. The fraction of sp³-hybridized carbons (Fsp3) is 0.781. The van der Waals surface area contributed by atoms with Gasteiger partial charge >= 0.3 is 5.97 Å². The normalized spacial score (nSPS) is 35.4. The smallest absolute Gasteiger partial charge is 0.330 e. The van der Waals surface area contributed by atoms with E-state index in [1.165, 1.54) is 0 Å². The van der Waals surface area contributed by atoms with Crippen LogP contribution in [-0.2, 0) is 4.79 Å². The van der Waals surface area contributed by atoms with Gasteiger partial charge in [-0.05, 0) is 63.7 Å². The summed E-state index contributed by atoms with van der Waals surface area (Å²) >= 11 is 0. The predicted molar refractivity (Wildman–Crippen MR) is 155 cm³/mol. The van der Waals surface area contributed by atoms with Crippen LogP contribution in [0, 0.1) is 40.9 Å². The summed E-state index contributed by atoms with van der Waals surface area (Å²) in [5.74, 6) is -2.26. The van der Waals surface area contributed by atoms with Crippen molar-refractivity contribution in [2.75, 3.05) is 0 Å². The van der Waals surface area contributed by atoms with Gasteiger partial charge in [-0.15, -0.1) is 0 Å². The first kappa shape index (κ1) is 34.7. The summed E-state index contributed by atoms with van der Waals surface area (Å²) in [5, 5.41) is 73.3. The molecule has 12 atom stereocenters. The highest BCUT2D eigenvalue weighted by atomic mass is 16.4. The lowest BCUT2D eigenvalue weighted by Gasteiger charge is -2.56. The second-order valence-corrected chi connectivity index (χ2v) is 13.3. The maximum Gasteiger partial charge on any atom is 0.330 e. The van der Waals surface area contributed by atoms with Crippen molar-refractivity contribution in [2.45, 2.75) is 118 Å². The average Bonchev–Trinajstić information content (AvgIpc) is 2.84. The topological polar surface area (TPSA) is 159 Å². The van der Waals surface area contributed by atoms with E-state index < -0.39 is 53.9 Å². The molecule has 0 bridgehead atoms. The number of hydrogen-bond donors (Lipinski definition) is 7. The third kappa shape index (κ3) is 7.84. The molecule has 1 saturated carbocycles. The largest absolute Gasteiger partial charge is 0.478 e. The number of rotatable bonds is 12. The van der Waals surface area contributed by atoms with Gasteiger partial charge in [0, 0.05) is 29.2 Å². The third-order valence-electron chi connectivity index (χ3n) is 9.77. The predicted octanol–water partition coefficient (Wildman–Crippen LogP) is 3.45. The number of carboxylic acids is 1. The molecule has 1 unspecified atom stereocenters. The van der Waals surface area contributed by atoms with E-state index in [1.54, 1.807) is 19.9 Å². The second kappa shape index (κ2) is 14.1. The molecule has 0 aromatic rings. The highest BCUT2D eigenvalue weighted by Crippen LogP contribution is 2.57. The Bertz CT molecular complexity index is 955. The number of allylic oxidation sites excluding steroid dienone is 3. The number of aliphatic carboxylic acids is 1. The monoisotopic (exact) mass is 566 g/mol. The lowest BCUT2D eigenvalue weighted by Crippen LogP contribution is -2.56. The third-order valence-corrected chi connectivity index (χ3v) is 9.77. The minimum absolute atomic E-state index is 0.0169. The van der Waals surface area contributed by atoms with Gasteiger partial charge in [0.05, 0.1) is 36.6 Å². The van der Waals surface area contributed by atoms with E-state index in [4.69, 9.17) is 0 Å². The molecule has 7 N–H and O–H groups in total. The zero-order valence-electron chi connectivity index (χ0n) is 25.5. The van der Waals surface area contributed by atoms with Crippen LogP contribution < -0.4 is 0 Å². The van der Waals surface area contributed by atoms with Crippen molar-refractivity contribution in [2.24, 2.45) is 40.9 Å². The van der Waals surface area contributed by atoms with Crippen molar-refractivity contribution >= 4 is 5.97 Å². The number of fused-ring (bicyclic) bond motifs is 1. The fourth-order valence-electron chi connectivity index (χ4n) is 7.28. The molecule has 40 heavy (non-hydrogen) atoms. The maximum atomic E-state index is 11.8. The van der Waals surface area contributed by atoms with Gasteiger partial charge in [0.1, 0.15) is 0 Å². The van der Waals surface area contributed by atoms with E-state index in [2.05, 4.69) is 6.08 Å². The van der Waals surface area contributed by atoms with Gasteiger partial charge < -0.3 is 35.7 Å². The van der Waals surface area contributed by atoms with Gasteiger partial charge in [-0.2, -0.15) is 0 Å². The van der Waals surface area contributed by atoms with Crippen LogP contribution in [0.4, 0.5) is 0 Å². The van der Waals surface area contributed by atoms with E-state index in [0.29, 0.717) is 0 Å². The molecule has 2 aliphatic carbocycles. The molecule has 0 radical (unpaired) electrons. The molecule has 0 aromatic heterocycles. The lowest BCUT2D eigenvalue weighted by molar-refractivity contribution is -0.132. The van der Waals surface area contributed by atoms with Crippen molar-refractivity contribution in [3.63, 3.8) is 0 Å². The van der Waals surface area contributed by atoms with E-state index in [1.807, 2.05) is 47.6 Å². The Morgan fingerprint density at radius 3 is 2.23 bits per heavy atom. The van der Waals surface area contributed by atoms with Gasteiger partial charge in [-0.3, -0.25) is 0 Å². The number of aliphatic hydroxyl groups is 6. The Hall–Kier alpha value is -1.55. The van der Waals surface area contributed by atoms with Crippen LogP contribution >= 0.6 is 0 Å². The van der Waals surface area contributed by atoms with Crippen LogP contribution in [0.2, 0.25) is 0 Å². The Morgan fingerprint density at radius 1 is 1.07 bits per heavy atom. The van der Waals surface area contributed by atoms with E-state index >= 15 is 0 Å². The number of hydrogen-bond acceptors (Lipinski definition) is 7. The number of aliphatic hydroxyl groups excluding tert-OH is 6. The Balaban J connectivity index is 2.26. The molecule has 8 heteroatoms. The second-order valence-electron chi connectivity index (χ2n) is 13.3. The minimum Gasteiger partial charge on any atom is -0.478 e. The molecule has 0 heterocycles. The van der Waals surface area contributed by atoms with Gasteiger partial charge in [-0.25, -0.2) is 4.79 Å². The Kier molecular flexibility index (Phi) is 12.2. The lowest BCUT2D eigenvalue weighted by atomic mass is 9.50. The summed E-state index contributed by atoms with van der Waals surface area (Å²) in [6.07, 6.45) is 1.60. The van der Waals surface area contributed by atoms with Crippen LogP contribution in [0.15, 0.2) is 34.9 Å². The first-order chi connectivity index (χ1) is 18.4. The fourth-order valence-corrected chi connectivity index (χ4v) is 7.28.